The quantitative estimate of drug-likeness (QED) is 0.228. The number of hydrogen-bond acceptors (Lipinski definition) is 5. The number of anilines is 1. The van der Waals surface area contributed by atoms with Crippen LogP contribution in [0.1, 0.15) is 96.4 Å². The molecule has 3 amide bonds. The zero-order chi connectivity index (χ0) is 31.4. The number of hydrogen-bond donors (Lipinski definition) is 2. The molecule has 3 unspecified atom stereocenters. The minimum atomic E-state index is -0.908. The Balaban J connectivity index is 2.59. The first-order chi connectivity index (χ1) is 19.8. The lowest BCUT2D eigenvalue weighted by atomic mass is 9.93. The third-order valence-electron chi connectivity index (χ3n) is 7.32. The van der Waals surface area contributed by atoms with E-state index in [0.717, 1.165) is 42.4 Å². The van der Waals surface area contributed by atoms with Crippen molar-refractivity contribution < 1.29 is 23.9 Å². The molecule has 2 N–H and O–H groups in total. The number of benzene rings is 2. The van der Waals surface area contributed by atoms with Crippen molar-refractivity contribution in [2.75, 3.05) is 19.0 Å². The van der Waals surface area contributed by atoms with Gasteiger partial charge in [-0.3, -0.25) is 9.59 Å². The van der Waals surface area contributed by atoms with Gasteiger partial charge in [-0.25, -0.2) is 4.79 Å². The first kappa shape index (κ1) is 34.7. The molecule has 0 aromatic heterocycles. The second kappa shape index (κ2) is 16.2. The lowest BCUT2D eigenvalue weighted by Gasteiger charge is -2.36. The minimum absolute atomic E-state index is 0.187. The van der Waals surface area contributed by atoms with Crippen LogP contribution in [0.25, 0.3) is 0 Å². The van der Waals surface area contributed by atoms with Crippen molar-refractivity contribution in [2.45, 2.75) is 105 Å². The van der Waals surface area contributed by atoms with Gasteiger partial charge in [0.05, 0.1) is 7.11 Å². The van der Waals surface area contributed by atoms with E-state index in [4.69, 9.17) is 9.47 Å². The SMILES string of the molecule is CCCCCCN(C(=O)C(NC(=O)OC(C)(C)C)C(C)CC)C(C(=O)Nc1ccc(OC)cc1)c1ccc(C)cc1C. The van der Waals surface area contributed by atoms with Crippen LogP contribution in [0.15, 0.2) is 42.5 Å². The number of alkyl carbamates (subject to hydrolysis) is 1. The molecule has 0 heterocycles. The van der Waals surface area contributed by atoms with Gasteiger partial charge < -0.3 is 25.0 Å². The Morgan fingerprint density at radius 1 is 0.952 bits per heavy atom. The van der Waals surface area contributed by atoms with Gasteiger partial charge in [0, 0.05) is 12.2 Å². The normalized spacial score (nSPS) is 13.5. The number of aryl methyl sites for hydroxylation is 2. The fourth-order valence-corrected chi connectivity index (χ4v) is 4.84. The van der Waals surface area contributed by atoms with Crippen LogP contribution in [0.5, 0.6) is 5.75 Å². The Morgan fingerprint density at radius 2 is 1.62 bits per heavy atom. The maximum absolute atomic E-state index is 14.5. The first-order valence-electron chi connectivity index (χ1n) is 15.1. The van der Waals surface area contributed by atoms with Crippen molar-refractivity contribution in [2.24, 2.45) is 5.92 Å². The number of carbonyl (C=O) groups is 3. The molecule has 0 aliphatic rings. The average Bonchev–Trinajstić information content (AvgIpc) is 2.92. The minimum Gasteiger partial charge on any atom is -0.497 e. The third kappa shape index (κ3) is 10.4. The van der Waals surface area contributed by atoms with Crippen LogP contribution in [0.4, 0.5) is 10.5 Å². The van der Waals surface area contributed by atoms with Crippen molar-refractivity contribution in [3.8, 4) is 5.75 Å². The van der Waals surface area contributed by atoms with Gasteiger partial charge >= 0.3 is 6.09 Å². The van der Waals surface area contributed by atoms with Crippen molar-refractivity contribution in [3.63, 3.8) is 0 Å². The summed E-state index contributed by atoms with van der Waals surface area (Å²) in [5.41, 5.74) is 2.61. The van der Waals surface area contributed by atoms with Crippen LogP contribution >= 0.6 is 0 Å². The number of carbonyl (C=O) groups excluding carboxylic acids is 3. The molecular formula is C34H51N3O5. The summed E-state index contributed by atoms with van der Waals surface area (Å²) in [6.07, 6.45) is 3.73. The fraction of sp³-hybridized carbons (Fsp3) is 0.559. The molecule has 2 rings (SSSR count). The number of nitrogens with zero attached hydrogens (tertiary/aromatic N) is 1. The summed E-state index contributed by atoms with van der Waals surface area (Å²) >= 11 is 0. The van der Waals surface area contributed by atoms with Crippen LogP contribution in [0, 0.1) is 19.8 Å². The van der Waals surface area contributed by atoms with Crippen molar-refractivity contribution in [3.05, 3.63) is 59.2 Å². The van der Waals surface area contributed by atoms with Gasteiger partial charge in [0.15, 0.2) is 0 Å². The molecule has 3 atom stereocenters. The molecule has 0 radical (unpaired) electrons. The Morgan fingerprint density at radius 3 is 2.17 bits per heavy atom. The molecule has 2 aromatic carbocycles. The molecule has 0 fully saturated rings. The van der Waals surface area contributed by atoms with E-state index in [1.807, 2.05) is 45.9 Å². The molecule has 8 nitrogen and oxygen atoms in total. The summed E-state index contributed by atoms with van der Waals surface area (Å²) in [5.74, 6) is -0.137. The Hall–Kier alpha value is -3.55. The highest BCUT2D eigenvalue weighted by atomic mass is 16.6. The van der Waals surface area contributed by atoms with E-state index in [0.29, 0.717) is 24.4 Å². The largest absolute Gasteiger partial charge is 0.497 e. The molecule has 0 aliphatic heterocycles. The molecule has 0 saturated heterocycles. The molecule has 2 aromatic rings. The van der Waals surface area contributed by atoms with E-state index in [9.17, 15) is 14.4 Å². The lowest BCUT2D eigenvalue weighted by Crippen LogP contribution is -2.55. The van der Waals surface area contributed by atoms with Crippen molar-refractivity contribution >= 4 is 23.6 Å². The van der Waals surface area contributed by atoms with E-state index in [1.54, 1.807) is 57.0 Å². The van der Waals surface area contributed by atoms with Crippen LogP contribution in [0.2, 0.25) is 0 Å². The highest BCUT2D eigenvalue weighted by Gasteiger charge is 2.38. The molecule has 0 aliphatic carbocycles. The van der Waals surface area contributed by atoms with E-state index < -0.39 is 23.8 Å². The first-order valence-corrected chi connectivity index (χ1v) is 15.1. The van der Waals surface area contributed by atoms with Gasteiger partial charge in [-0.15, -0.1) is 0 Å². The van der Waals surface area contributed by atoms with E-state index in [-0.39, 0.29) is 17.7 Å². The average molecular weight is 582 g/mol. The molecule has 0 saturated carbocycles. The van der Waals surface area contributed by atoms with Crippen LogP contribution in [0.3, 0.4) is 0 Å². The Labute approximate surface area is 252 Å². The van der Waals surface area contributed by atoms with Gasteiger partial charge in [0.25, 0.3) is 5.91 Å². The van der Waals surface area contributed by atoms with E-state index in [2.05, 4.69) is 17.6 Å². The zero-order valence-electron chi connectivity index (χ0n) is 27.0. The number of rotatable bonds is 14. The number of amides is 3. The summed E-state index contributed by atoms with van der Waals surface area (Å²) in [6, 6.07) is 11.2. The van der Waals surface area contributed by atoms with E-state index in [1.165, 1.54) is 0 Å². The van der Waals surface area contributed by atoms with Gasteiger partial charge in [0.2, 0.25) is 5.91 Å². The Kier molecular flexibility index (Phi) is 13.4. The maximum atomic E-state index is 14.5. The van der Waals surface area contributed by atoms with Crippen LogP contribution in [-0.2, 0) is 14.3 Å². The number of unbranched alkanes of at least 4 members (excludes halogenated alkanes) is 3. The van der Waals surface area contributed by atoms with Gasteiger partial charge in [-0.2, -0.15) is 0 Å². The Bertz CT molecular complexity index is 1170. The topological polar surface area (TPSA) is 97.0 Å². The second-order valence-electron chi connectivity index (χ2n) is 12.1. The zero-order valence-corrected chi connectivity index (χ0v) is 27.0. The highest BCUT2D eigenvalue weighted by molar-refractivity contribution is 5.99. The number of ether oxygens (including phenoxy) is 2. The summed E-state index contributed by atoms with van der Waals surface area (Å²) in [7, 11) is 1.59. The second-order valence-corrected chi connectivity index (χ2v) is 12.1. The number of nitrogens with one attached hydrogen (secondary N) is 2. The molecular weight excluding hydrogens is 530 g/mol. The summed E-state index contributed by atoms with van der Waals surface area (Å²) in [5, 5.41) is 5.86. The summed E-state index contributed by atoms with van der Waals surface area (Å²) in [4.78, 5) is 43.2. The third-order valence-corrected chi connectivity index (χ3v) is 7.32. The van der Waals surface area contributed by atoms with E-state index >= 15 is 0 Å². The van der Waals surface area contributed by atoms with Crippen molar-refractivity contribution in [1.82, 2.24) is 10.2 Å². The molecule has 42 heavy (non-hydrogen) atoms. The fourth-order valence-electron chi connectivity index (χ4n) is 4.84. The monoisotopic (exact) mass is 581 g/mol. The molecule has 0 spiro atoms. The van der Waals surface area contributed by atoms with Gasteiger partial charge in [0.1, 0.15) is 23.4 Å². The lowest BCUT2D eigenvalue weighted by molar-refractivity contribution is -0.142. The smallest absolute Gasteiger partial charge is 0.408 e. The molecule has 232 valence electrons. The molecule has 0 bridgehead atoms. The standard InChI is InChI=1S/C34H51N3O5/c1-10-12-13-14-21-37(32(39)29(24(4)11-2)36-33(40)42-34(6,7)8)30(28-20-15-23(3)22-25(28)5)31(38)35-26-16-18-27(41-9)19-17-26/h15-20,22,24,29-30H,10-14,21H2,1-9H3,(H,35,38)(H,36,40). The highest BCUT2D eigenvalue weighted by Crippen LogP contribution is 2.30. The van der Waals surface area contributed by atoms with Gasteiger partial charge in [-0.05, 0) is 82.3 Å². The van der Waals surface area contributed by atoms with Gasteiger partial charge in [-0.1, -0.05) is 70.2 Å². The predicted molar refractivity (Wildman–Crippen MR) is 169 cm³/mol. The maximum Gasteiger partial charge on any atom is 0.408 e. The van der Waals surface area contributed by atoms with Crippen LogP contribution < -0.4 is 15.4 Å². The summed E-state index contributed by atoms with van der Waals surface area (Å²) < 4.78 is 10.8. The predicted octanol–water partition coefficient (Wildman–Crippen LogP) is 7.34. The van der Waals surface area contributed by atoms with Crippen molar-refractivity contribution in [1.29, 1.82) is 0 Å². The van der Waals surface area contributed by atoms with Crippen LogP contribution in [-0.4, -0.2) is 48.1 Å². The number of methoxy groups -OCH3 is 1. The molecule has 8 heteroatoms. The summed E-state index contributed by atoms with van der Waals surface area (Å²) in [6.45, 7) is 15.7.